The molecule has 162 valence electrons. The maximum absolute atomic E-state index is 13.9. The summed E-state index contributed by atoms with van der Waals surface area (Å²) >= 11 is 6.05. The van der Waals surface area contributed by atoms with E-state index in [0.29, 0.717) is 6.42 Å². The first-order chi connectivity index (χ1) is 13.2. The van der Waals surface area contributed by atoms with Crippen molar-refractivity contribution in [1.82, 2.24) is 0 Å². The van der Waals surface area contributed by atoms with Crippen LogP contribution in [0.5, 0.6) is 0 Å². The van der Waals surface area contributed by atoms with Crippen LogP contribution in [0.3, 0.4) is 0 Å². The first-order valence-electron chi connectivity index (χ1n) is 11.4. The highest BCUT2D eigenvalue weighted by Crippen LogP contribution is 2.56. The van der Waals surface area contributed by atoms with Crippen LogP contribution in [0.4, 0.5) is 4.39 Å². The Morgan fingerprint density at radius 3 is 2.14 bits per heavy atom. The Hall–Kier alpha value is -0.600. The van der Waals surface area contributed by atoms with Crippen LogP contribution in [0.15, 0.2) is 12.1 Å². The Labute approximate surface area is 178 Å². The predicted molar refractivity (Wildman–Crippen MR) is 121 cm³/mol. The molecule has 0 saturated heterocycles. The van der Waals surface area contributed by atoms with Crippen molar-refractivity contribution in [1.29, 1.82) is 0 Å². The predicted octanol–water partition coefficient (Wildman–Crippen LogP) is 8.44. The van der Waals surface area contributed by atoms with Gasteiger partial charge in [0.15, 0.2) is 0 Å². The summed E-state index contributed by atoms with van der Waals surface area (Å²) in [4.78, 5) is 0. The highest BCUT2D eigenvalue weighted by atomic mass is 35.5. The van der Waals surface area contributed by atoms with E-state index in [1.54, 1.807) is 6.07 Å². The van der Waals surface area contributed by atoms with Crippen LogP contribution >= 0.6 is 11.6 Å². The van der Waals surface area contributed by atoms with Gasteiger partial charge in [-0.3, -0.25) is 0 Å². The van der Waals surface area contributed by atoms with Gasteiger partial charge in [0.05, 0.1) is 10.6 Å². The van der Waals surface area contributed by atoms with Crippen molar-refractivity contribution in [2.75, 3.05) is 0 Å². The summed E-state index contributed by atoms with van der Waals surface area (Å²) in [5, 5.41) is 12.0. The standard InChI is InChI=1S/C21H32ClFO.C4H10/c1-5-7-8-9-11-16(10-6-2)21(24)17-13-18(22)19(23)12-15(17)14-20(21,3)4;1-3-4-2/h12-13,16,24H,5-11,14H2,1-4H3;3-4H2,1-2H3. The number of aliphatic hydroxyl groups is 1. The average molecular weight is 413 g/mol. The van der Waals surface area contributed by atoms with Crippen molar-refractivity contribution in [3.05, 3.63) is 34.1 Å². The molecule has 1 aliphatic rings. The summed E-state index contributed by atoms with van der Waals surface area (Å²) < 4.78 is 13.9. The van der Waals surface area contributed by atoms with Crippen LogP contribution in [0.1, 0.15) is 110 Å². The van der Waals surface area contributed by atoms with Crippen LogP contribution in [0.25, 0.3) is 0 Å². The van der Waals surface area contributed by atoms with Crippen LogP contribution < -0.4 is 0 Å². The fourth-order valence-corrected chi connectivity index (χ4v) is 4.73. The van der Waals surface area contributed by atoms with Gasteiger partial charge in [-0.25, -0.2) is 4.39 Å². The lowest BCUT2D eigenvalue weighted by molar-refractivity contribution is -0.113. The molecule has 0 fully saturated rings. The zero-order valence-corrected chi connectivity index (χ0v) is 19.8. The number of unbranched alkanes of at least 4 members (excludes halogenated alkanes) is 4. The van der Waals surface area contributed by atoms with E-state index in [0.717, 1.165) is 36.8 Å². The minimum atomic E-state index is -0.929. The zero-order chi connectivity index (χ0) is 21.4. The smallest absolute Gasteiger partial charge is 0.142 e. The third-order valence-corrected chi connectivity index (χ3v) is 6.64. The molecule has 0 spiro atoms. The molecule has 1 N–H and O–H groups in total. The van der Waals surface area contributed by atoms with Gasteiger partial charge in [-0.2, -0.15) is 0 Å². The number of hydrogen-bond donors (Lipinski definition) is 1. The topological polar surface area (TPSA) is 20.2 Å². The van der Waals surface area contributed by atoms with Gasteiger partial charge in [0.2, 0.25) is 0 Å². The molecule has 0 radical (unpaired) electrons. The van der Waals surface area contributed by atoms with Crippen molar-refractivity contribution < 1.29 is 9.50 Å². The van der Waals surface area contributed by atoms with Crippen molar-refractivity contribution in [3.63, 3.8) is 0 Å². The molecule has 0 saturated carbocycles. The number of halogens is 2. The Kier molecular flexibility index (Phi) is 10.5. The first kappa shape index (κ1) is 25.4. The minimum Gasteiger partial charge on any atom is -0.384 e. The molecular formula is C25H42ClFO. The molecule has 1 nitrogen and oxygen atoms in total. The molecule has 0 heterocycles. The molecule has 2 rings (SSSR count). The third kappa shape index (κ3) is 5.72. The van der Waals surface area contributed by atoms with Gasteiger partial charge in [-0.15, -0.1) is 0 Å². The Morgan fingerprint density at radius 2 is 1.61 bits per heavy atom. The fraction of sp³-hybridized carbons (Fsp3) is 0.760. The van der Waals surface area contributed by atoms with E-state index in [2.05, 4.69) is 41.5 Å². The maximum Gasteiger partial charge on any atom is 0.142 e. The molecule has 0 amide bonds. The van der Waals surface area contributed by atoms with Gasteiger partial charge in [0.1, 0.15) is 5.82 Å². The second-order valence-corrected chi connectivity index (χ2v) is 9.49. The first-order valence-corrected chi connectivity index (χ1v) is 11.8. The summed E-state index contributed by atoms with van der Waals surface area (Å²) in [6.45, 7) is 13.0. The number of fused-ring (bicyclic) bond motifs is 1. The zero-order valence-electron chi connectivity index (χ0n) is 19.0. The molecule has 1 aliphatic carbocycles. The highest BCUT2D eigenvalue weighted by molar-refractivity contribution is 6.30. The Morgan fingerprint density at radius 1 is 0.964 bits per heavy atom. The monoisotopic (exact) mass is 412 g/mol. The van der Waals surface area contributed by atoms with E-state index in [-0.39, 0.29) is 22.2 Å². The summed E-state index contributed by atoms with van der Waals surface area (Å²) in [5.41, 5.74) is 0.533. The number of benzene rings is 1. The Bertz CT molecular complexity index is 596. The van der Waals surface area contributed by atoms with Crippen LogP contribution in [0.2, 0.25) is 5.02 Å². The van der Waals surface area contributed by atoms with E-state index in [1.165, 1.54) is 38.2 Å². The lowest BCUT2D eigenvalue weighted by Gasteiger charge is -2.44. The molecule has 2 unspecified atom stereocenters. The van der Waals surface area contributed by atoms with E-state index in [9.17, 15) is 9.50 Å². The summed E-state index contributed by atoms with van der Waals surface area (Å²) in [6.07, 6.45) is 11.2. The molecule has 1 aromatic carbocycles. The van der Waals surface area contributed by atoms with E-state index < -0.39 is 5.60 Å². The number of rotatable bonds is 9. The van der Waals surface area contributed by atoms with Gasteiger partial charge >= 0.3 is 0 Å². The van der Waals surface area contributed by atoms with Gasteiger partial charge < -0.3 is 5.11 Å². The highest BCUT2D eigenvalue weighted by Gasteiger charge is 2.55. The maximum atomic E-state index is 13.9. The second-order valence-electron chi connectivity index (χ2n) is 9.09. The van der Waals surface area contributed by atoms with Crippen molar-refractivity contribution >= 4 is 11.6 Å². The van der Waals surface area contributed by atoms with Gasteiger partial charge in [0.25, 0.3) is 0 Å². The van der Waals surface area contributed by atoms with E-state index >= 15 is 0 Å². The SMILES string of the molecule is CCCC.CCCCCCC(CCC)C1(O)c2cc(Cl)c(F)cc2CC1(C)C. The lowest BCUT2D eigenvalue weighted by Crippen LogP contribution is -2.45. The van der Waals surface area contributed by atoms with E-state index in [1.807, 2.05) is 0 Å². The molecule has 1 aromatic rings. The summed E-state index contributed by atoms with van der Waals surface area (Å²) in [5.74, 6) is -0.192. The average Bonchev–Trinajstić information content (AvgIpc) is 2.85. The molecule has 28 heavy (non-hydrogen) atoms. The van der Waals surface area contributed by atoms with Crippen LogP contribution in [-0.2, 0) is 12.0 Å². The van der Waals surface area contributed by atoms with Gasteiger partial charge in [-0.1, -0.05) is 98.1 Å². The third-order valence-electron chi connectivity index (χ3n) is 6.36. The summed E-state index contributed by atoms with van der Waals surface area (Å²) in [7, 11) is 0. The molecule has 2 atom stereocenters. The lowest BCUT2D eigenvalue weighted by atomic mass is 9.65. The van der Waals surface area contributed by atoms with Crippen molar-refractivity contribution in [2.24, 2.45) is 11.3 Å². The van der Waals surface area contributed by atoms with Crippen molar-refractivity contribution in [3.8, 4) is 0 Å². The van der Waals surface area contributed by atoms with Crippen LogP contribution in [0, 0.1) is 17.2 Å². The second kappa shape index (κ2) is 11.6. The van der Waals surface area contributed by atoms with Gasteiger partial charge in [-0.05, 0) is 48.4 Å². The molecule has 3 heteroatoms. The van der Waals surface area contributed by atoms with Crippen LogP contribution in [-0.4, -0.2) is 5.11 Å². The molecular weight excluding hydrogens is 371 g/mol. The molecule has 0 aromatic heterocycles. The van der Waals surface area contributed by atoms with Crippen molar-refractivity contribution in [2.45, 2.75) is 111 Å². The largest absolute Gasteiger partial charge is 0.384 e. The molecule has 0 bridgehead atoms. The number of hydrogen-bond acceptors (Lipinski definition) is 1. The molecule has 0 aliphatic heterocycles. The fourth-order valence-electron chi connectivity index (χ4n) is 4.57. The Balaban J connectivity index is 0.000000892. The van der Waals surface area contributed by atoms with E-state index in [4.69, 9.17) is 11.6 Å². The minimum absolute atomic E-state index is 0.117. The normalized spacial score (nSPS) is 21.0. The van der Waals surface area contributed by atoms with Gasteiger partial charge in [0, 0.05) is 5.41 Å². The quantitative estimate of drug-likeness (QED) is 0.403. The summed E-state index contributed by atoms with van der Waals surface area (Å²) in [6, 6.07) is 3.20.